The molecule has 0 saturated heterocycles. The summed E-state index contributed by atoms with van der Waals surface area (Å²) in [5.74, 6) is -0.773. The number of hydrogen-bond donors (Lipinski definition) is 1. The van der Waals surface area contributed by atoms with Crippen LogP contribution in [0.15, 0.2) is 76.6 Å². The third-order valence-corrected chi connectivity index (χ3v) is 5.62. The highest BCUT2D eigenvalue weighted by Gasteiger charge is 2.15. The first-order chi connectivity index (χ1) is 16.9. The summed E-state index contributed by atoms with van der Waals surface area (Å²) in [6.45, 7) is 2.33. The van der Waals surface area contributed by atoms with E-state index < -0.39 is 17.2 Å². The maximum Gasteiger partial charge on any atom is 0.338 e. The molecule has 35 heavy (non-hydrogen) atoms. The molecule has 4 aromatic rings. The van der Waals surface area contributed by atoms with Crippen molar-refractivity contribution in [1.29, 1.82) is 0 Å². The van der Waals surface area contributed by atoms with Crippen molar-refractivity contribution in [2.45, 2.75) is 20.0 Å². The number of aromatic nitrogens is 3. The molecule has 0 aliphatic carbocycles. The quantitative estimate of drug-likeness (QED) is 0.413. The molecular weight excluding hydrogens is 448 g/mol. The van der Waals surface area contributed by atoms with Gasteiger partial charge in [0.2, 0.25) is 0 Å². The molecule has 0 unspecified atom stereocenters. The SMILES string of the molecule is CCOC(=O)c1ccc(Cn2c(=O)c3cc(C(=O)NCc4ccncc4)ccc3n(C)c2=O)cc1. The number of fused-ring (bicyclic) bond motifs is 1. The van der Waals surface area contributed by atoms with Crippen molar-refractivity contribution in [2.24, 2.45) is 7.05 Å². The molecular formula is C26H24N4O5. The number of amides is 1. The van der Waals surface area contributed by atoms with Crippen LogP contribution < -0.4 is 16.6 Å². The Hall–Kier alpha value is -4.53. The van der Waals surface area contributed by atoms with Crippen LogP contribution in [0.5, 0.6) is 0 Å². The van der Waals surface area contributed by atoms with Gasteiger partial charge in [0.15, 0.2) is 0 Å². The fourth-order valence-corrected chi connectivity index (χ4v) is 3.73. The van der Waals surface area contributed by atoms with Gasteiger partial charge in [-0.1, -0.05) is 12.1 Å². The second-order valence-corrected chi connectivity index (χ2v) is 7.92. The highest BCUT2D eigenvalue weighted by Crippen LogP contribution is 2.12. The number of benzene rings is 2. The number of carbonyl (C=O) groups is 2. The number of rotatable bonds is 7. The van der Waals surface area contributed by atoms with E-state index in [1.54, 1.807) is 74.9 Å². The number of nitrogens with zero attached hydrogens (tertiary/aromatic N) is 3. The van der Waals surface area contributed by atoms with Crippen molar-refractivity contribution >= 4 is 22.8 Å². The zero-order valence-electron chi connectivity index (χ0n) is 19.4. The fraction of sp³-hybridized carbons (Fsp3) is 0.192. The molecule has 1 amide bonds. The summed E-state index contributed by atoms with van der Waals surface area (Å²) >= 11 is 0. The minimum absolute atomic E-state index is 0.0169. The Labute approximate surface area is 200 Å². The van der Waals surface area contributed by atoms with E-state index in [4.69, 9.17) is 4.74 Å². The lowest BCUT2D eigenvalue weighted by atomic mass is 10.1. The number of nitrogens with one attached hydrogen (secondary N) is 1. The van der Waals surface area contributed by atoms with Gasteiger partial charge in [0.05, 0.1) is 29.6 Å². The predicted octanol–water partition coefficient (Wildman–Crippen LogP) is 2.25. The molecule has 0 radical (unpaired) electrons. The van der Waals surface area contributed by atoms with Crippen molar-refractivity contribution in [1.82, 2.24) is 19.4 Å². The largest absolute Gasteiger partial charge is 0.462 e. The topological polar surface area (TPSA) is 112 Å². The van der Waals surface area contributed by atoms with Gasteiger partial charge in [-0.3, -0.25) is 23.7 Å². The molecule has 0 aliphatic heterocycles. The molecule has 2 aromatic heterocycles. The molecule has 0 spiro atoms. The van der Waals surface area contributed by atoms with Crippen LogP contribution in [0.2, 0.25) is 0 Å². The van der Waals surface area contributed by atoms with Crippen LogP contribution in [0, 0.1) is 0 Å². The van der Waals surface area contributed by atoms with Gasteiger partial charge in [-0.15, -0.1) is 0 Å². The summed E-state index contributed by atoms with van der Waals surface area (Å²) in [5.41, 5.74) is 1.72. The van der Waals surface area contributed by atoms with E-state index in [1.807, 2.05) is 0 Å². The lowest BCUT2D eigenvalue weighted by molar-refractivity contribution is 0.0526. The number of ether oxygens (including phenoxy) is 1. The lowest BCUT2D eigenvalue weighted by Gasteiger charge is -2.12. The maximum atomic E-state index is 13.3. The molecule has 1 N–H and O–H groups in total. The van der Waals surface area contributed by atoms with Gasteiger partial charge in [-0.25, -0.2) is 9.59 Å². The second kappa shape index (κ2) is 10.2. The van der Waals surface area contributed by atoms with Crippen molar-refractivity contribution in [3.8, 4) is 0 Å². The highest BCUT2D eigenvalue weighted by molar-refractivity contribution is 5.97. The van der Waals surface area contributed by atoms with Crippen LogP contribution in [-0.2, 0) is 24.9 Å². The van der Waals surface area contributed by atoms with Gasteiger partial charge in [-0.05, 0) is 60.5 Å². The van der Waals surface area contributed by atoms with Gasteiger partial charge >= 0.3 is 11.7 Å². The zero-order valence-corrected chi connectivity index (χ0v) is 19.4. The van der Waals surface area contributed by atoms with E-state index in [9.17, 15) is 19.2 Å². The molecule has 178 valence electrons. The van der Waals surface area contributed by atoms with E-state index in [0.717, 1.165) is 10.1 Å². The number of aryl methyl sites for hydroxylation is 1. The van der Waals surface area contributed by atoms with E-state index in [0.29, 0.717) is 28.8 Å². The Bertz CT molecular complexity index is 1510. The molecule has 2 aromatic carbocycles. The average molecular weight is 473 g/mol. The van der Waals surface area contributed by atoms with Crippen molar-refractivity contribution < 1.29 is 14.3 Å². The molecule has 0 saturated carbocycles. The van der Waals surface area contributed by atoms with E-state index >= 15 is 0 Å². The van der Waals surface area contributed by atoms with Crippen molar-refractivity contribution in [2.75, 3.05) is 6.61 Å². The van der Waals surface area contributed by atoms with Crippen LogP contribution in [-0.4, -0.2) is 32.6 Å². The van der Waals surface area contributed by atoms with Gasteiger partial charge in [0.1, 0.15) is 0 Å². The van der Waals surface area contributed by atoms with Crippen LogP contribution in [0.25, 0.3) is 10.9 Å². The first-order valence-corrected chi connectivity index (χ1v) is 11.1. The molecule has 9 heteroatoms. The van der Waals surface area contributed by atoms with Gasteiger partial charge < -0.3 is 10.1 Å². The third-order valence-electron chi connectivity index (χ3n) is 5.62. The molecule has 0 aliphatic rings. The summed E-state index contributed by atoms with van der Waals surface area (Å²) in [6, 6.07) is 14.8. The van der Waals surface area contributed by atoms with E-state index in [1.165, 1.54) is 10.6 Å². The number of carbonyl (C=O) groups excluding carboxylic acids is 2. The standard InChI is InChI=1S/C26H24N4O5/c1-3-35-25(33)19-6-4-18(5-7-19)16-30-24(32)21-14-20(8-9-22(21)29(2)26(30)34)23(31)28-15-17-10-12-27-13-11-17/h4-14H,3,15-16H2,1-2H3,(H,28,31). The lowest BCUT2D eigenvalue weighted by Crippen LogP contribution is -2.39. The van der Waals surface area contributed by atoms with E-state index in [2.05, 4.69) is 10.3 Å². The first kappa shape index (κ1) is 23.6. The normalized spacial score (nSPS) is 10.8. The molecule has 2 heterocycles. The minimum atomic E-state index is -0.499. The second-order valence-electron chi connectivity index (χ2n) is 7.92. The Kier molecular flexibility index (Phi) is 6.86. The molecule has 9 nitrogen and oxygen atoms in total. The number of pyridine rings is 1. The summed E-state index contributed by atoms with van der Waals surface area (Å²) in [7, 11) is 1.58. The number of hydrogen-bond acceptors (Lipinski definition) is 6. The summed E-state index contributed by atoms with van der Waals surface area (Å²) < 4.78 is 7.47. The Morgan fingerprint density at radius 2 is 1.63 bits per heavy atom. The monoisotopic (exact) mass is 472 g/mol. The number of esters is 1. The van der Waals surface area contributed by atoms with Gasteiger partial charge in [-0.2, -0.15) is 0 Å². The van der Waals surface area contributed by atoms with E-state index in [-0.39, 0.29) is 24.4 Å². The van der Waals surface area contributed by atoms with Crippen LogP contribution >= 0.6 is 0 Å². The van der Waals surface area contributed by atoms with Crippen LogP contribution in [0.4, 0.5) is 0 Å². The Morgan fingerprint density at radius 1 is 0.943 bits per heavy atom. The first-order valence-electron chi connectivity index (χ1n) is 11.1. The minimum Gasteiger partial charge on any atom is -0.462 e. The predicted molar refractivity (Wildman–Crippen MR) is 130 cm³/mol. The molecule has 0 fully saturated rings. The van der Waals surface area contributed by atoms with Crippen LogP contribution in [0.3, 0.4) is 0 Å². The summed E-state index contributed by atoms with van der Waals surface area (Å²) in [4.78, 5) is 54.7. The average Bonchev–Trinajstić information content (AvgIpc) is 2.89. The molecule has 0 bridgehead atoms. The van der Waals surface area contributed by atoms with Crippen molar-refractivity contribution in [3.05, 3.63) is 110 Å². The van der Waals surface area contributed by atoms with Gasteiger partial charge in [0.25, 0.3) is 11.5 Å². The van der Waals surface area contributed by atoms with Crippen molar-refractivity contribution in [3.63, 3.8) is 0 Å². The Balaban J connectivity index is 1.63. The Morgan fingerprint density at radius 3 is 2.31 bits per heavy atom. The molecule has 0 atom stereocenters. The highest BCUT2D eigenvalue weighted by atomic mass is 16.5. The van der Waals surface area contributed by atoms with Gasteiger partial charge in [0, 0.05) is 31.5 Å². The maximum absolute atomic E-state index is 13.3. The zero-order chi connectivity index (χ0) is 24.9. The summed E-state index contributed by atoms with van der Waals surface area (Å²) in [5, 5.41) is 3.08. The third kappa shape index (κ3) is 5.03. The molecule has 4 rings (SSSR count). The summed E-state index contributed by atoms with van der Waals surface area (Å²) in [6.07, 6.45) is 3.29. The smallest absolute Gasteiger partial charge is 0.338 e. The fourth-order valence-electron chi connectivity index (χ4n) is 3.73. The van der Waals surface area contributed by atoms with Crippen LogP contribution in [0.1, 0.15) is 38.8 Å².